The van der Waals surface area contributed by atoms with Crippen molar-refractivity contribution in [3.63, 3.8) is 0 Å². The number of nitrogens with one attached hydrogen (secondary N) is 2. The fourth-order valence-electron chi connectivity index (χ4n) is 4.93. The first-order valence-corrected chi connectivity index (χ1v) is 11.3. The fraction of sp³-hybridized carbons (Fsp3) is 0.308. The van der Waals surface area contributed by atoms with E-state index in [9.17, 15) is 10.1 Å². The third-order valence-electron chi connectivity index (χ3n) is 6.37. The highest BCUT2D eigenvalue weighted by molar-refractivity contribution is 5.63. The SMILES string of the molecule is CN(C)c1ccc(C2[NH+](Cc3ccccc3)CCC[NH+]2Cc2ccccc2)cc1[N+](=O)[O-]. The van der Waals surface area contributed by atoms with Crippen molar-refractivity contribution in [3.05, 3.63) is 106 Å². The fourth-order valence-corrected chi connectivity index (χ4v) is 4.93. The number of hydrogen-bond acceptors (Lipinski definition) is 3. The highest BCUT2D eigenvalue weighted by Gasteiger charge is 2.39. The van der Waals surface area contributed by atoms with Crippen molar-refractivity contribution >= 4 is 11.4 Å². The van der Waals surface area contributed by atoms with Crippen LogP contribution in [0.5, 0.6) is 0 Å². The van der Waals surface area contributed by atoms with Crippen LogP contribution in [0.2, 0.25) is 0 Å². The second kappa shape index (κ2) is 9.94. The van der Waals surface area contributed by atoms with Gasteiger partial charge < -0.3 is 4.90 Å². The Kier molecular flexibility index (Phi) is 6.83. The standard InChI is InChI=1S/C26H30N4O2/c1-27(2)24-15-14-23(18-25(24)30(31)32)26-28(19-21-10-5-3-6-11-21)16-9-17-29(26)20-22-12-7-4-8-13-22/h3-8,10-15,18,26H,9,16-17,19-20H2,1-2H3/p+2. The summed E-state index contributed by atoms with van der Waals surface area (Å²) in [6.45, 7) is 3.93. The van der Waals surface area contributed by atoms with Crippen LogP contribution in [-0.2, 0) is 13.1 Å². The molecule has 32 heavy (non-hydrogen) atoms. The van der Waals surface area contributed by atoms with Crippen LogP contribution in [0.15, 0.2) is 78.9 Å². The van der Waals surface area contributed by atoms with Gasteiger partial charge in [-0.3, -0.25) is 19.9 Å². The summed E-state index contributed by atoms with van der Waals surface area (Å²) in [7, 11) is 3.70. The number of hydrogen-bond donors (Lipinski definition) is 2. The largest absolute Gasteiger partial charge is 0.372 e. The summed E-state index contributed by atoms with van der Waals surface area (Å²) in [5.41, 5.74) is 4.46. The molecule has 0 radical (unpaired) electrons. The molecule has 1 aliphatic rings. The summed E-state index contributed by atoms with van der Waals surface area (Å²) >= 11 is 0. The van der Waals surface area contributed by atoms with Crippen LogP contribution in [-0.4, -0.2) is 32.1 Å². The molecule has 2 unspecified atom stereocenters. The maximum absolute atomic E-state index is 11.9. The number of anilines is 1. The molecule has 6 heteroatoms. The van der Waals surface area contributed by atoms with E-state index < -0.39 is 0 Å². The molecule has 1 saturated heterocycles. The first-order chi connectivity index (χ1) is 15.5. The highest BCUT2D eigenvalue weighted by atomic mass is 16.6. The van der Waals surface area contributed by atoms with E-state index in [1.54, 1.807) is 6.07 Å². The molecule has 2 atom stereocenters. The van der Waals surface area contributed by atoms with Gasteiger partial charge in [0.25, 0.3) is 5.69 Å². The Labute approximate surface area is 189 Å². The van der Waals surface area contributed by atoms with Gasteiger partial charge in [0.1, 0.15) is 18.8 Å². The predicted molar refractivity (Wildman–Crippen MR) is 127 cm³/mol. The molecule has 166 valence electrons. The van der Waals surface area contributed by atoms with Gasteiger partial charge in [-0.25, -0.2) is 0 Å². The first-order valence-electron chi connectivity index (χ1n) is 11.3. The molecule has 1 heterocycles. The van der Waals surface area contributed by atoms with Crippen molar-refractivity contribution in [1.82, 2.24) is 0 Å². The van der Waals surface area contributed by atoms with Gasteiger partial charge in [-0.2, -0.15) is 0 Å². The van der Waals surface area contributed by atoms with Crippen molar-refractivity contribution in [2.24, 2.45) is 0 Å². The molecule has 3 aromatic carbocycles. The molecule has 6 nitrogen and oxygen atoms in total. The van der Waals surface area contributed by atoms with Crippen molar-refractivity contribution in [1.29, 1.82) is 0 Å². The summed E-state index contributed by atoms with van der Waals surface area (Å²) in [4.78, 5) is 16.3. The van der Waals surface area contributed by atoms with Crippen molar-refractivity contribution in [2.75, 3.05) is 32.1 Å². The van der Waals surface area contributed by atoms with Gasteiger partial charge in [0.15, 0.2) is 0 Å². The van der Waals surface area contributed by atoms with Crippen molar-refractivity contribution < 1.29 is 14.7 Å². The quantitative estimate of drug-likeness (QED) is 0.445. The number of nitro groups is 1. The topological polar surface area (TPSA) is 55.3 Å². The summed E-state index contributed by atoms with van der Waals surface area (Å²) in [5, 5.41) is 11.9. The molecule has 0 aromatic heterocycles. The summed E-state index contributed by atoms with van der Waals surface area (Å²) in [5.74, 6) is 0. The van der Waals surface area contributed by atoms with Crippen LogP contribution in [0.25, 0.3) is 0 Å². The van der Waals surface area contributed by atoms with Gasteiger partial charge in [0.2, 0.25) is 6.17 Å². The third kappa shape index (κ3) is 4.98. The van der Waals surface area contributed by atoms with E-state index in [0.717, 1.165) is 38.2 Å². The van der Waals surface area contributed by atoms with E-state index in [0.29, 0.717) is 5.69 Å². The number of nitro benzene ring substituents is 1. The van der Waals surface area contributed by atoms with E-state index >= 15 is 0 Å². The summed E-state index contributed by atoms with van der Waals surface area (Å²) in [6, 6.07) is 26.9. The minimum atomic E-state index is -0.255. The smallest absolute Gasteiger partial charge is 0.293 e. The minimum Gasteiger partial charge on any atom is -0.372 e. The Bertz CT molecular complexity index is 991. The van der Waals surface area contributed by atoms with E-state index in [2.05, 4.69) is 54.6 Å². The Morgan fingerprint density at radius 1 is 0.875 bits per heavy atom. The number of benzene rings is 3. The maximum Gasteiger partial charge on any atom is 0.293 e. The molecule has 0 bridgehead atoms. The van der Waals surface area contributed by atoms with E-state index in [4.69, 9.17) is 0 Å². The first kappa shape index (κ1) is 22.0. The number of quaternary nitrogens is 2. The van der Waals surface area contributed by atoms with Crippen molar-refractivity contribution in [3.8, 4) is 0 Å². The van der Waals surface area contributed by atoms with E-state index in [1.165, 1.54) is 20.9 Å². The van der Waals surface area contributed by atoms with Crippen LogP contribution in [0.3, 0.4) is 0 Å². The molecule has 4 rings (SSSR count). The monoisotopic (exact) mass is 432 g/mol. The van der Waals surface area contributed by atoms with E-state index in [1.807, 2.05) is 37.2 Å². The Balaban J connectivity index is 1.73. The van der Waals surface area contributed by atoms with Crippen LogP contribution in [0.1, 0.15) is 29.3 Å². The molecular weight excluding hydrogens is 400 g/mol. The normalized spacial score (nSPS) is 20.6. The van der Waals surface area contributed by atoms with Crippen LogP contribution in [0, 0.1) is 10.1 Å². The van der Waals surface area contributed by atoms with Crippen LogP contribution >= 0.6 is 0 Å². The highest BCUT2D eigenvalue weighted by Crippen LogP contribution is 2.29. The average Bonchev–Trinajstić information content (AvgIpc) is 2.80. The van der Waals surface area contributed by atoms with Gasteiger partial charge in [-0.15, -0.1) is 0 Å². The second-order valence-corrected chi connectivity index (χ2v) is 8.83. The van der Waals surface area contributed by atoms with Crippen molar-refractivity contribution in [2.45, 2.75) is 25.7 Å². The molecule has 1 fully saturated rings. The van der Waals surface area contributed by atoms with Gasteiger partial charge >= 0.3 is 0 Å². The van der Waals surface area contributed by atoms with E-state index in [-0.39, 0.29) is 16.8 Å². The summed E-state index contributed by atoms with van der Waals surface area (Å²) < 4.78 is 0. The minimum absolute atomic E-state index is 0.138. The molecule has 0 aliphatic carbocycles. The lowest BCUT2D eigenvalue weighted by molar-refractivity contribution is -1.16. The Morgan fingerprint density at radius 2 is 1.41 bits per heavy atom. The third-order valence-corrected chi connectivity index (χ3v) is 6.37. The van der Waals surface area contributed by atoms with Gasteiger partial charge in [0.05, 0.1) is 23.6 Å². The second-order valence-electron chi connectivity index (χ2n) is 8.83. The lowest BCUT2D eigenvalue weighted by Gasteiger charge is -2.38. The molecule has 0 saturated carbocycles. The number of rotatable bonds is 7. The zero-order valence-electron chi connectivity index (χ0n) is 18.8. The number of nitrogens with zero attached hydrogens (tertiary/aromatic N) is 2. The van der Waals surface area contributed by atoms with Gasteiger partial charge in [-0.05, 0) is 12.1 Å². The average molecular weight is 433 g/mol. The zero-order chi connectivity index (χ0) is 22.5. The zero-order valence-corrected chi connectivity index (χ0v) is 18.8. The molecule has 2 N–H and O–H groups in total. The van der Waals surface area contributed by atoms with Crippen LogP contribution in [0.4, 0.5) is 11.4 Å². The lowest BCUT2D eigenvalue weighted by atomic mass is 10.0. The van der Waals surface area contributed by atoms with Gasteiger partial charge in [-0.1, -0.05) is 60.7 Å². The Morgan fingerprint density at radius 3 is 1.88 bits per heavy atom. The molecule has 0 spiro atoms. The Hall–Kier alpha value is -3.22. The molecule has 1 aliphatic heterocycles. The molecule has 3 aromatic rings. The molecule has 0 amide bonds. The van der Waals surface area contributed by atoms with Crippen LogP contribution < -0.4 is 14.7 Å². The summed E-state index contributed by atoms with van der Waals surface area (Å²) in [6.07, 6.45) is 1.28. The molecular formula is C26H32N4O2+2. The maximum atomic E-state index is 11.9. The van der Waals surface area contributed by atoms with Gasteiger partial charge in [0, 0.05) is 37.7 Å². The lowest BCUT2D eigenvalue weighted by Crippen LogP contribution is -3.32. The predicted octanol–water partition coefficient (Wildman–Crippen LogP) is 2.23.